The summed E-state index contributed by atoms with van der Waals surface area (Å²) in [6, 6.07) is 0. The van der Waals surface area contributed by atoms with Crippen LogP contribution in [0.4, 0.5) is 14.5 Å². The summed E-state index contributed by atoms with van der Waals surface area (Å²) in [5.74, 6) is -0.638. The second-order valence-corrected chi connectivity index (χ2v) is 4.17. The van der Waals surface area contributed by atoms with Crippen LogP contribution in [-0.4, -0.2) is 40.3 Å². The number of nitrogens with one attached hydrogen (secondary N) is 2. The molecule has 0 bridgehead atoms. The van der Waals surface area contributed by atoms with Gasteiger partial charge in [-0.25, -0.2) is 8.78 Å². The molecule has 0 aliphatic carbocycles. The lowest BCUT2D eigenvalue weighted by Gasteiger charge is -2.10. The number of amides is 1. The van der Waals surface area contributed by atoms with Crippen molar-refractivity contribution in [3.63, 3.8) is 0 Å². The Balaban J connectivity index is 2.68. The number of aromatic nitrogens is 2. The molecule has 8 heteroatoms. The zero-order valence-corrected chi connectivity index (χ0v) is 10.1. The number of nitrogens with two attached hydrogens (primary N) is 1. The minimum Gasteiger partial charge on any atom is -0.395 e. The van der Waals surface area contributed by atoms with E-state index in [1.165, 1.54) is 0 Å². The van der Waals surface area contributed by atoms with Crippen LogP contribution >= 0.6 is 0 Å². The van der Waals surface area contributed by atoms with Crippen LogP contribution in [0.2, 0.25) is 0 Å². The number of nitrogens with zero attached hydrogens (tertiary/aromatic N) is 1. The normalized spacial score (nSPS) is 13.1. The number of aliphatic hydroxyl groups excluding tert-OH is 1. The van der Waals surface area contributed by atoms with Crippen molar-refractivity contribution in [3.8, 4) is 0 Å². The molecule has 1 atom stereocenters. The third-order valence-corrected chi connectivity index (χ3v) is 2.39. The van der Waals surface area contributed by atoms with E-state index in [0.29, 0.717) is 5.69 Å². The second kappa shape index (κ2) is 5.76. The molecule has 102 valence electrons. The van der Waals surface area contributed by atoms with E-state index in [9.17, 15) is 13.6 Å². The lowest BCUT2D eigenvalue weighted by molar-refractivity contribution is -0.00272. The van der Waals surface area contributed by atoms with E-state index in [2.05, 4.69) is 15.5 Å². The van der Waals surface area contributed by atoms with Crippen LogP contribution in [0.15, 0.2) is 0 Å². The van der Waals surface area contributed by atoms with E-state index in [4.69, 9.17) is 10.8 Å². The Morgan fingerprint density at radius 3 is 2.61 bits per heavy atom. The van der Waals surface area contributed by atoms with Gasteiger partial charge in [0.05, 0.1) is 11.4 Å². The summed E-state index contributed by atoms with van der Waals surface area (Å²) in [6.45, 7) is 3.18. The largest absolute Gasteiger partial charge is 0.395 e. The van der Waals surface area contributed by atoms with Crippen molar-refractivity contribution in [3.05, 3.63) is 11.4 Å². The van der Waals surface area contributed by atoms with Gasteiger partial charge in [0.2, 0.25) is 0 Å². The van der Waals surface area contributed by atoms with Crippen molar-refractivity contribution >= 4 is 11.6 Å². The van der Waals surface area contributed by atoms with Gasteiger partial charge in [0.25, 0.3) is 12.3 Å². The van der Waals surface area contributed by atoms with Crippen molar-refractivity contribution in [1.82, 2.24) is 15.5 Å². The number of aliphatic hydroxyl groups is 1. The van der Waals surface area contributed by atoms with Crippen LogP contribution < -0.4 is 11.1 Å². The molecule has 1 rings (SSSR count). The fraction of sp³-hybridized carbons (Fsp3) is 0.600. The van der Waals surface area contributed by atoms with Crippen molar-refractivity contribution in [1.29, 1.82) is 0 Å². The monoisotopic (exact) mass is 262 g/mol. The summed E-state index contributed by atoms with van der Waals surface area (Å²) in [4.78, 5) is 11.6. The predicted octanol–water partition coefficient (Wildman–Crippen LogP) is 0.471. The van der Waals surface area contributed by atoms with E-state index in [1.54, 1.807) is 0 Å². The van der Waals surface area contributed by atoms with Gasteiger partial charge in [-0.3, -0.25) is 9.89 Å². The highest BCUT2D eigenvalue weighted by atomic mass is 19.3. The van der Waals surface area contributed by atoms with Crippen molar-refractivity contribution < 1.29 is 18.7 Å². The molecular formula is C10H16F2N4O2. The van der Waals surface area contributed by atoms with Gasteiger partial charge in [-0.1, -0.05) is 13.8 Å². The SMILES string of the molecule is CC(C)c1[nH]nc(C(=O)NCC(O)C(F)F)c1N. The maximum Gasteiger partial charge on any atom is 0.274 e. The van der Waals surface area contributed by atoms with Gasteiger partial charge in [-0.2, -0.15) is 5.10 Å². The Kier molecular flexibility index (Phi) is 4.60. The van der Waals surface area contributed by atoms with Gasteiger partial charge in [-0.05, 0) is 5.92 Å². The molecule has 1 aromatic rings. The number of alkyl halides is 2. The molecular weight excluding hydrogens is 246 g/mol. The molecule has 1 aromatic heterocycles. The van der Waals surface area contributed by atoms with Crippen LogP contribution in [0.1, 0.15) is 35.9 Å². The first-order valence-electron chi connectivity index (χ1n) is 5.42. The number of anilines is 1. The van der Waals surface area contributed by atoms with Crippen LogP contribution in [0.25, 0.3) is 0 Å². The molecule has 0 spiro atoms. The summed E-state index contributed by atoms with van der Waals surface area (Å²) in [7, 11) is 0. The summed E-state index contributed by atoms with van der Waals surface area (Å²) in [5, 5.41) is 17.3. The van der Waals surface area contributed by atoms with Crippen molar-refractivity contribution in [2.75, 3.05) is 12.3 Å². The molecule has 1 heterocycles. The Morgan fingerprint density at radius 2 is 2.17 bits per heavy atom. The number of hydrogen-bond acceptors (Lipinski definition) is 4. The Labute approximate surface area is 103 Å². The highest BCUT2D eigenvalue weighted by Crippen LogP contribution is 2.21. The molecule has 0 radical (unpaired) electrons. The number of nitrogen functional groups attached to an aromatic ring is 1. The van der Waals surface area contributed by atoms with Gasteiger partial charge in [0, 0.05) is 6.54 Å². The first-order valence-corrected chi connectivity index (χ1v) is 5.42. The first kappa shape index (κ1) is 14.4. The first-order chi connectivity index (χ1) is 8.34. The molecule has 0 saturated carbocycles. The molecule has 1 unspecified atom stereocenters. The predicted molar refractivity (Wildman–Crippen MR) is 61.4 cm³/mol. The Bertz CT molecular complexity index is 420. The van der Waals surface area contributed by atoms with Crippen LogP contribution in [-0.2, 0) is 0 Å². The van der Waals surface area contributed by atoms with Gasteiger partial charge in [0.1, 0.15) is 6.10 Å². The molecule has 18 heavy (non-hydrogen) atoms. The van der Waals surface area contributed by atoms with Gasteiger partial charge >= 0.3 is 0 Å². The molecule has 0 aliphatic heterocycles. The summed E-state index contributed by atoms with van der Waals surface area (Å²) in [6.07, 6.45) is -4.81. The fourth-order valence-corrected chi connectivity index (χ4v) is 1.35. The molecule has 5 N–H and O–H groups in total. The minimum atomic E-state index is -2.91. The number of aromatic amines is 1. The lowest BCUT2D eigenvalue weighted by atomic mass is 10.1. The molecule has 1 amide bonds. The van der Waals surface area contributed by atoms with E-state index < -0.39 is 25.0 Å². The quantitative estimate of drug-likeness (QED) is 0.619. The Hall–Kier alpha value is -1.70. The van der Waals surface area contributed by atoms with Gasteiger partial charge in [-0.15, -0.1) is 0 Å². The number of rotatable bonds is 5. The highest BCUT2D eigenvalue weighted by molar-refractivity contribution is 5.97. The topological polar surface area (TPSA) is 104 Å². The number of carbonyl (C=O) groups excluding carboxylic acids is 1. The van der Waals surface area contributed by atoms with Crippen LogP contribution in [0.3, 0.4) is 0 Å². The van der Waals surface area contributed by atoms with E-state index in [0.717, 1.165) is 0 Å². The van der Waals surface area contributed by atoms with Crippen molar-refractivity contribution in [2.45, 2.75) is 32.3 Å². The number of hydrogen-bond donors (Lipinski definition) is 4. The number of H-pyrrole nitrogens is 1. The van der Waals surface area contributed by atoms with Gasteiger partial charge in [0.15, 0.2) is 5.69 Å². The summed E-state index contributed by atoms with van der Waals surface area (Å²) in [5.41, 5.74) is 6.45. The molecule has 6 nitrogen and oxygen atoms in total. The molecule has 0 aromatic carbocycles. The van der Waals surface area contributed by atoms with Crippen molar-refractivity contribution in [2.24, 2.45) is 0 Å². The number of halogens is 2. The average molecular weight is 262 g/mol. The van der Waals surface area contributed by atoms with E-state index in [1.807, 2.05) is 13.8 Å². The summed E-state index contributed by atoms with van der Waals surface area (Å²) < 4.78 is 24.0. The number of carbonyl (C=O) groups is 1. The maximum atomic E-state index is 12.0. The third-order valence-electron chi connectivity index (χ3n) is 2.39. The molecule has 0 saturated heterocycles. The zero-order valence-electron chi connectivity index (χ0n) is 10.1. The lowest BCUT2D eigenvalue weighted by Crippen LogP contribution is -2.36. The third kappa shape index (κ3) is 3.16. The van der Waals surface area contributed by atoms with E-state index in [-0.39, 0.29) is 17.3 Å². The standard InChI is InChI=1S/C10H16F2N4O2/c1-4(2)7-6(13)8(16-15-7)10(18)14-3-5(17)9(11)12/h4-5,9,17H,3,13H2,1-2H3,(H,14,18)(H,15,16). The molecule has 0 aliphatic rings. The van der Waals surface area contributed by atoms with E-state index >= 15 is 0 Å². The van der Waals surface area contributed by atoms with Crippen LogP contribution in [0, 0.1) is 0 Å². The second-order valence-electron chi connectivity index (χ2n) is 4.17. The van der Waals surface area contributed by atoms with Gasteiger partial charge < -0.3 is 16.2 Å². The molecule has 0 fully saturated rings. The summed E-state index contributed by atoms with van der Waals surface area (Å²) >= 11 is 0. The average Bonchev–Trinajstić information content (AvgIpc) is 2.67. The minimum absolute atomic E-state index is 0.0554. The zero-order chi connectivity index (χ0) is 13.9. The fourth-order valence-electron chi connectivity index (χ4n) is 1.35. The Morgan fingerprint density at radius 1 is 1.56 bits per heavy atom. The highest BCUT2D eigenvalue weighted by Gasteiger charge is 2.21. The van der Waals surface area contributed by atoms with Crippen LogP contribution in [0.5, 0.6) is 0 Å². The smallest absolute Gasteiger partial charge is 0.274 e. The maximum absolute atomic E-state index is 12.0.